The number of nitrogens with zero attached hydrogens (tertiary/aromatic N) is 2. The number of unbranched alkanes of at least 4 members (excludes halogenated alkanes) is 14. The van der Waals surface area contributed by atoms with E-state index in [1.54, 1.807) is 11.3 Å². The Morgan fingerprint density at radius 2 is 0.871 bits per heavy atom. The Hall–Kier alpha value is -0.520. The van der Waals surface area contributed by atoms with E-state index in [-0.39, 0.29) is 12.2 Å². The van der Waals surface area contributed by atoms with Gasteiger partial charge in [0.2, 0.25) is 0 Å². The van der Waals surface area contributed by atoms with Gasteiger partial charge in [-0.3, -0.25) is 0 Å². The van der Waals surface area contributed by atoms with Gasteiger partial charge in [-0.1, -0.05) is 117 Å². The van der Waals surface area contributed by atoms with Gasteiger partial charge in [0.05, 0.1) is 12.2 Å². The van der Waals surface area contributed by atoms with E-state index in [0.717, 1.165) is 35.7 Å². The summed E-state index contributed by atoms with van der Waals surface area (Å²) in [6, 6.07) is 0. The van der Waals surface area contributed by atoms with Crippen LogP contribution in [-0.2, 0) is 12.8 Å². The Morgan fingerprint density at radius 3 is 1.23 bits per heavy atom. The monoisotopic (exact) mass is 454 g/mol. The number of hydrogen-bond acceptors (Lipinski definition) is 5. The van der Waals surface area contributed by atoms with Crippen molar-refractivity contribution in [2.75, 3.05) is 0 Å². The summed E-state index contributed by atoms with van der Waals surface area (Å²) in [6.45, 7) is 4.50. The molecule has 1 rings (SSSR count). The lowest BCUT2D eigenvalue weighted by atomic mass is 10.0. The van der Waals surface area contributed by atoms with Crippen LogP contribution in [0.3, 0.4) is 0 Å². The number of aliphatic hydroxyl groups is 2. The molecule has 0 aliphatic heterocycles. The first-order valence-corrected chi connectivity index (χ1v) is 14.1. The summed E-state index contributed by atoms with van der Waals surface area (Å²) in [7, 11) is 0. The molecule has 0 aliphatic carbocycles. The van der Waals surface area contributed by atoms with Gasteiger partial charge in [-0.25, -0.2) is 0 Å². The molecule has 0 fully saturated rings. The summed E-state index contributed by atoms with van der Waals surface area (Å²) in [5.74, 6) is 0. The summed E-state index contributed by atoms with van der Waals surface area (Å²) in [5.41, 5.74) is 0. The van der Waals surface area contributed by atoms with Crippen molar-refractivity contribution in [3.63, 3.8) is 0 Å². The zero-order valence-electron chi connectivity index (χ0n) is 20.5. The third-order valence-corrected chi connectivity index (χ3v) is 7.08. The summed E-state index contributed by atoms with van der Waals surface area (Å²) in [6.07, 6.45) is 22.9. The number of hydrogen-bond donors (Lipinski definition) is 2. The molecule has 1 heterocycles. The van der Waals surface area contributed by atoms with Crippen molar-refractivity contribution in [2.24, 2.45) is 0 Å². The highest BCUT2D eigenvalue weighted by Crippen LogP contribution is 2.18. The van der Waals surface area contributed by atoms with Crippen LogP contribution in [-0.4, -0.2) is 32.6 Å². The van der Waals surface area contributed by atoms with Crippen LogP contribution in [0.1, 0.15) is 139 Å². The predicted octanol–water partition coefficient (Wildman–Crippen LogP) is 7.41. The first kappa shape index (κ1) is 28.5. The molecule has 182 valence electrons. The van der Waals surface area contributed by atoms with Gasteiger partial charge in [-0.2, -0.15) is 0 Å². The van der Waals surface area contributed by atoms with E-state index in [4.69, 9.17) is 0 Å². The van der Waals surface area contributed by atoms with Crippen molar-refractivity contribution in [2.45, 2.75) is 154 Å². The Labute approximate surface area is 196 Å². The summed E-state index contributed by atoms with van der Waals surface area (Å²) >= 11 is 1.56. The molecule has 2 unspecified atom stereocenters. The molecule has 0 amide bonds. The largest absolute Gasteiger partial charge is 0.393 e. The van der Waals surface area contributed by atoms with E-state index in [0.29, 0.717) is 12.8 Å². The molecular weight excluding hydrogens is 404 g/mol. The van der Waals surface area contributed by atoms with Gasteiger partial charge >= 0.3 is 0 Å². The zero-order valence-corrected chi connectivity index (χ0v) is 21.3. The molecule has 0 aliphatic rings. The van der Waals surface area contributed by atoms with Gasteiger partial charge in [0, 0.05) is 12.8 Å². The van der Waals surface area contributed by atoms with Crippen LogP contribution in [0.15, 0.2) is 0 Å². The van der Waals surface area contributed by atoms with Crippen molar-refractivity contribution >= 4 is 11.3 Å². The molecule has 5 heteroatoms. The molecule has 0 aromatic carbocycles. The van der Waals surface area contributed by atoms with Crippen LogP contribution < -0.4 is 0 Å². The average Bonchev–Trinajstić information content (AvgIpc) is 3.18. The highest BCUT2D eigenvalue weighted by atomic mass is 32.1. The number of rotatable bonds is 22. The first-order chi connectivity index (χ1) is 15.2. The fourth-order valence-electron chi connectivity index (χ4n) is 4.09. The summed E-state index contributed by atoms with van der Waals surface area (Å²) in [4.78, 5) is 0. The van der Waals surface area contributed by atoms with E-state index in [9.17, 15) is 10.2 Å². The molecule has 4 nitrogen and oxygen atoms in total. The molecule has 2 N–H and O–H groups in total. The van der Waals surface area contributed by atoms with E-state index in [2.05, 4.69) is 24.0 Å². The normalized spacial score (nSPS) is 13.5. The first-order valence-electron chi connectivity index (χ1n) is 13.3. The Bertz CT molecular complexity index is 467. The fourth-order valence-corrected chi connectivity index (χ4v) is 5.08. The van der Waals surface area contributed by atoms with Crippen molar-refractivity contribution in [1.82, 2.24) is 10.2 Å². The maximum atomic E-state index is 10.3. The van der Waals surface area contributed by atoms with Gasteiger partial charge in [0.1, 0.15) is 10.0 Å². The minimum atomic E-state index is -0.317. The lowest BCUT2D eigenvalue weighted by Crippen LogP contribution is -2.10. The van der Waals surface area contributed by atoms with Crippen LogP contribution in [0, 0.1) is 0 Å². The molecule has 0 saturated heterocycles. The topological polar surface area (TPSA) is 66.2 Å². The minimum Gasteiger partial charge on any atom is -0.393 e. The molecular formula is C26H50N2O2S. The highest BCUT2D eigenvalue weighted by Gasteiger charge is 2.13. The smallest absolute Gasteiger partial charge is 0.120 e. The van der Waals surface area contributed by atoms with Crippen molar-refractivity contribution in [3.05, 3.63) is 10.0 Å². The maximum absolute atomic E-state index is 10.3. The second kappa shape index (κ2) is 20.1. The Morgan fingerprint density at radius 1 is 0.548 bits per heavy atom. The average molecular weight is 455 g/mol. The van der Waals surface area contributed by atoms with Gasteiger partial charge in [0.15, 0.2) is 0 Å². The predicted molar refractivity (Wildman–Crippen MR) is 134 cm³/mol. The minimum absolute atomic E-state index is 0.317. The van der Waals surface area contributed by atoms with Gasteiger partial charge in [0.25, 0.3) is 0 Å². The molecule has 31 heavy (non-hydrogen) atoms. The number of aromatic nitrogens is 2. The van der Waals surface area contributed by atoms with Crippen molar-refractivity contribution < 1.29 is 10.2 Å². The number of aliphatic hydroxyl groups excluding tert-OH is 2. The highest BCUT2D eigenvalue weighted by molar-refractivity contribution is 7.11. The molecule has 1 aromatic rings. The quantitative estimate of drug-likeness (QED) is 0.179. The van der Waals surface area contributed by atoms with E-state index in [1.807, 2.05) is 0 Å². The fraction of sp³-hybridized carbons (Fsp3) is 0.923. The zero-order chi connectivity index (χ0) is 22.6. The third-order valence-electron chi connectivity index (χ3n) is 6.11. The van der Waals surface area contributed by atoms with Crippen LogP contribution in [0.4, 0.5) is 0 Å². The van der Waals surface area contributed by atoms with E-state index in [1.165, 1.54) is 89.9 Å². The molecule has 0 bridgehead atoms. The van der Waals surface area contributed by atoms with Crippen molar-refractivity contribution in [1.29, 1.82) is 0 Å². The molecule has 0 radical (unpaired) electrons. The molecule has 2 atom stereocenters. The van der Waals surface area contributed by atoms with Crippen LogP contribution in [0.25, 0.3) is 0 Å². The molecule has 0 spiro atoms. The second-order valence-corrected chi connectivity index (χ2v) is 10.5. The maximum Gasteiger partial charge on any atom is 0.120 e. The van der Waals surface area contributed by atoms with Crippen LogP contribution in [0.2, 0.25) is 0 Å². The lowest BCUT2D eigenvalue weighted by Gasteiger charge is -2.08. The Kier molecular flexibility index (Phi) is 18.5. The van der Waals surface area contributed by atoms with E-state index >= 15 is 0 Å². The molecule has 0 saturated carbocycles. The van der Waals surface area contributed by atoms with E-state index < -0.39 is 0 Å². The summed E-state index contributed by atoms with van der Waals surface area (Å²) in [5, 5.41) is 30.9. The summed E-state index contributed by atoms with van der Waals surface area (Å²) < 4.78 is 0. The third kappa shape index (κ3) is 16.7. The second-order valence-electron chi connectivity index (χ2n) is 9.33. The van der Waals surface area contributed by atoms with Gasteiger partial charge in [-0.15, -0.1) is 21.5 Å². The van der Waals surface area contributed by atoms with Gasteiger partial charge < -0.3 is 10.2 Å². The van der Waals surface area contributed by atoms with Gasteiger partial charge in [-0.05, 0) is 12.8 Å². The van der Waals surface area contributed by atoms with Crippen LogP contribution >= 0.6 is 11.3 Å². The standard InChI is InChI=1S/C26H50N2O2S/c1-3-5-7-9-11-13-15-17-19-23(29)21-25-27-28-26(31-25)22-24(30)20-18-16-14-12-10-8-6-4-2/h23-24,29-30H,3-22H2,1-2H3. The Balaban J connectivity index is 2.05. The molecule has 1 aromatic heterocycles. The van der Waals surface area contributed by atoms with Crippen molar-refractivity contribution in [3.8, 4) is 0 Å². The SMILES string of the molecule is CCCCCCCCCCC(O)Cc1nnc(CC(O)CCCCCCCCCC)s1. The lowest BCUT2D eigenvalue weighted by molar-refractivity contribution is 0.159. The van der Waals surface area contributed by atoms with Crippen LogP contribution in [0.5, 0.6) is 0 Å².